The lowest BCUT2D eigenvalue weighted by Crippen LogP contribution is -2.58. The van der Waals surface area contributed by atoms with Gasteiger partial charge in [-0.3, -0.25) is 4.90 Å². The molecule has 1 atom stereocenters. The van der Waals surface area contributed by atoms with Crippen molar-refractivity contribution < 1.29 is 4.42 Å². The summed E-state index contributed by atoms with van der Waals surface area (Å²) < 4.78 is 5.57. The second-order valence-corrected chi connectivity index (χ2v) is 4.85. The van der Waals surface area contributed by atoms with E-state index in [1.165, 1.54) is 24.2 Å². The standard InChI is InChI=1S/C13H20N2O/c1-2-15(10-8-14-9-10)12-4-3-5-13-11(12)6-7-16-13/h6-7,10,12,14H,2-5,8-9H2,1H3. The molecule has 1 unspecified atom stereocenters. The van der Waals surface area contributed by atoms with Crippen molar-refractivity contribution in [2.24, 2.45) is 0 Å². The van der Waals surface area contributed by atoms with Crippen molar-refractivity contribution in [3.8, 4) is 0 Å². The third kappa shape index (κ3) is 1.59. The summed E-state index contributed by atoms with van der Waals surface area (Å²) in [5.41, 5.74) is 1.44. The number of likely N-dealkylation sites (N-methyl/N-ethyl adjacent to an activating group) is 1. The molecular formula is C13H20N2O. The van der Waals surface area contributed by atoms with Crippen LogP contribution in [0.15, 0.2) is 16.7 Å². The number of fused-ring (bicyclic) bond motifs is 1. The van der Waals surface area contributed by atoms with Gasteiger partial charge < -0.3 is 9.73 Å². The monoisotopic (exact) mass is 220 g/mol. The molecule has 0 amide bonds. The second-order valence-electron chi connectivity index (χ2n) is 4.85. The predicted octanol–water partition coefficient (Wildman–Crippen LogP) is 1.95. The third-order valence-electron chi connectivity index (χ3n) is 4.01. The maximum Gasteiger partial charge on any atom is 0.108 e. The molecule has 3 heteroatoms. The molecule has 1 aliphatic carbocycles. The number of nitrogens with one attached hydrogen (secondary N) is 1. The van der Waals surface area contributed by atoms with Crippen molar-refractivity contribution in [3.63, 3.8) is 0 Å². The van der Waals surface area contributed by atoms with Gasteiger partial charge in [0.05, 0.1) is 6.26 Å². The van der Waals surface area contributed by atoms with Crippen LogP contribution in [0.5, 0.6) is 0 Å². The molecule has 3 nitrogen and oxygen atoms in total. The Balaban J connectivity index is 1.84. The Bertz CT molecular complexity index is 357. The predicted molar refractivity (Wildman–Crippen MR) is 63.4 cm³/mol. The molecule has 0 spiro atoms. The minimum absolute atomic E-state index is 0.597. The largest absolute Gasteiger partial charge is 0.469 e. The molecule has 1 fully saturated rings. The van der Waals surface area contributed by atoms with E-state index in [-0.39, 0.29) is 0 Å². The van der Waals surface area contributed by atoms with E-state index in [4.69, 9.17) is 4.42 Å². The first-order valence-corrected chi connectivity index (χ1v) is 6.43. The molecule has 3 rings (SSSR count). The highest BCUT2D eigenvalue weighted by Gasteiger charge is 2.33. The Hall–Kier alpha value is -0.800. The van der Waals surface area contributed by atoms with Gasteiger partial charge >= 0.3 is 0 Å². The molecule has 1 aromatic heterocycles. The zero-order valence-corrected chi connectivity index (χ0v) is 9.91. The van der Waals surface area contributed by atoms with Crippen LogP contribution in [-0.2, 0) is 6.42 Å². The second kappa shape index (κ2) is 4.22. The smallest absolute Gasteiger partial charge is 0.108 e. The topological polar surface area (TPSA) is 28.4 Å². The van der Waals surface area contributed by atoms with Crippen LogP contribution in [0.4, 0.5) is 0 Å². The molecule has 1 N–H and O–H groups in total. The third-order valence-corrected chi connectivity index (χ3v) is 4.01. The highest BCUT2D eigenvalue weighted by Crippen LogP contribution is 2.36. The van der Waals surface area contributed by atoms with Crippen LogP contribution >= 0.6 is 0 Å². The molecule has 2 heterocycles. The highest BCUT2D eigenvalue weighted by atomic mass is 16.3. The van der Waals surface area contributed by atoms with Gasteiger partial charge in [-0.1, -0.05) is 6.92 Å². The molecule has 2 aliphatic rings. The van der Waals surface area contributed by atoms with Crippen LogP contribution in [0, 0.1) is 0 Å². The van der Waals surface area contributed by atoms with Gasteiger partial charge in [0.2, 0.25) is 0 Å². The zero-order chi connectivity index (χ0) is 11.0. The van der Waals surface area contributed by atoms with Crippen molar-refractivity contribution in [1.29, 1.82) is 0 Å². The van der Waals surface area contributed by atoms with Crippen molar-refractivity contribution in [2.75, 3.05) is 19.6 Å². The number of aryl methyl sites for hydroxylation is 1. The van der Waals surface area contributed by atoms with Crippen LogP contribution < -0.4 is 5.32 Å². The van der Waals surface area contributed by atoms with Gasteiger partial charge in [0.15, 0.2) is 0 Å². The summed E-state index contributed by atoms with van der Waals surface area (Å²) in [6.07, 6.45) is 5.54. The number of rotatable bonds is 3. The SMILES string of the molecule is CCN(C1CNC1)C1CCCc2occc21. The summed E-state index contributed by atoms with van der Waals surface area (Å²) in [6.45, 7) is 5.71. The Morgan fingerprint density at radius 2 is 2.38 bits per heavy atom. The molecule has 0 aromatic carbocycles. The van der Waals surface area contributed by atoms with Crippen LogP contribution in [0.3, 0.4) is 0 Å². The van der Waals surface area contributed by atoms with Crippen LogP contribution in [0.1, 0.15) is 37.1 Å². The molecule has 16 heavy (non-hydrogen) atoms. The summed E-state index contributed by atoms with van der Waals surface area (Å²) in [5, 5.41) is 3.37. The number of hydrogen-bond acceptors (Lipinski definition) is 3. The van der Waals surface area contributed by atoms with Gasteiger partial charge in [-0.05, 0) is 25.5 Å². The molecule has 1 aromatic rings. The fourth-order valence-electron chi connectivity index (χ4n) is 3.05. The average molecular weight is 220 g/mol. The van der Waals surface area contributed by atoms with Crippen molar-refractivity contribution in [3.05, 3.63) is 23.7 Å². The fourth-order valence-corrected chi connectivity index (χ4v) is 3.05. The van der Waals surface area contributed by atoms with E-state index in [1.807, 2.05) is 6.26 Å². The van der Waals surface area contributed by atoms with Gasteiger partial charge in [-0.15, -0.1) is 0 Å². The Morgan fingerprint density at radius 3 is 3.06 bits per heavy atom. The highest BCUT2D eigenvalue weighted by molar-refractivity contribution is 5.24. The van der Waals surface area contributed by atoms with E-state index < -0.39 is 0 Å². The van der Waals surface area contributed by atoms with E-state index in [2.05, 4.69) is 23.2 Å². The molecule has 1 aliphatic heterocycles. The summed E-state index contributed by atoms with van der Waals surface area (Å²) in [5.74, 6) is 1.22. The normalized spacial score (nSPS) is 25.5. The lowest BCUT2D eigenvalue weighted by atomic mass is 9.90. The Morgan fingerprint density at radius 1 is 1.50 bits per heavy atom. The summed E-state index contributed by atoms with van der Waals surface area (Å²) >= 11 is 0. The van der Waals surface area contributed by atoms with Gasteiger partial charge in [0.1, 0.15) is 5.76 Å². The first kappa shape index (κ1) is 10.4. The molecule has 1 saturated heterocycles. The Kier molecular flexibility index (Phi) is 2.74. The van der Waals surface area contributed by atoms with E-state index >= 15 is 0 Å². The maximum absolute atomic E-state index is 5.57. The van der Waals surface area contributed by atoms with Gasteiger partial charge in [-0.2, -0.15) is 0 Å². The zero-order valence-electron chi connectivity index (χ0n) is 9.91. The molecule has 88 valence electrons. The van der Waals surface area contributed by atoms with E-state index in [1.54, 1.807) is 0 Å². The number of nitrogens with zero attached hydrogens (tertiary/aromatic N) is 1. The minimum Gasteiger partial charge on any atom is -0.469 e. The number of hydrogen-bond donors (Lipinski definition) is 1. The quantitative estimate of drug-likeness (QED) is 0.844. The molecule has 0 bridgehead atoms. The minimum atomic E-state index is 0.597. The van der Waals surface area contributed by atoms with Crippen molar-refractivity contribution in [1.82, 2.24) is 10.2 Å². The lowest BCUT2D eigenvalue weighted by Gasteiger charge is -2.43. The maximum atomic E-state index is 5.57. The summed E-state index contributed by atoms with van der Waals surface area (Å²) in [6, 6.07) is 3.50. The Labute approximate surface area is 96.8 Å². The van der Waals surface area contributed by atoms with Crippen molar-refractivity contribution in [2.45, 2.75) is 38.3 Å². The lowest BCUT2D eigenvalue weighted by molar-refractivity contribution is 0.0891. The molecule has 0 saturated carbocycles. The van der Waals surface area contributed by atoms with Gasteiger partial charge in [-0.25, -0.2) is 0 Å². The first-order valence-electron chi connectivity index (χ1n) is 6.43. The van der Waals surface area contributed by atoms with E-state index in [9.17, 15) is 0 Å². The molecule has 0 radical (unpaired) electrons. The summed E-state index contributed by atoms with van der Waals surface area (Å²) in [4.78, 5) is 2.64. The van der Waals surface area contributed by atoms with Crippen molar-refractivity contribution >= 4 is 0 Å². The average Bonchev–Trinajstić information content (AvgIpc) is 2.70. The van der Waals surface area contributed by atoms with Crippen LogP contribution in [-0.4, -0.2) is 30.6 Å². The number of furan rings is 1. The summed E-state index contributed by atoms with van der Waals surface area (Å²) in [7, 11) is 0. The van der Waals surface area contributed by atoms with Gasteiger partial charge in [0, 0.05) is 37.2 Å². The van der Waals surface area contributed by atoms with Gasteiger partial charge in [0.25, 0.3) is 0 Å². The van der Waals surface area contributed by atoms with Crippen LogP contribution in [0.25, 0.3) is 0 Å². The molecular weight excluding hydrogens is 200 g/mol. The van der Waals surface area contributed by atoms with Crippen LogP contribution in [0.2, 0.25) is 0 Å². The van der Waals surface area contributed by atoms with E-state index in [0.717, 1.165) is 32.1 Å². The van der Waals surface area contributed by atoms with E-state index in [0.29, 0.717) is 6.04 Å². The first-order chi connectivity index (χ1) is 7.90. The fraction of sp³-hybridized carbons (Fsp3) is 0.692.